The molecule has 1 saturated carbocycles. The van der Waals surface area contributed by atoms with E-state index in [2.05, 4.69) is 5.32 Å². The number of aryl methyl sites for hydroxylation is 2. The molecule has 0 saturated heterocycles. The van der Waals surface area contributed by atoms with Crippen molar-refractivity contribution in [1.29, 1.82) is 0 Å². The second kappa shape index (κ2) is 5.96. The highest BCUT2D eigenvalue weighted by molar-refractivity contribution is 6.03. The number of amides is 1. The number of nitrogens with one attached hydrogen (secondary N) is 1. The maximum absolute atomic E-state index is 12.8. The third-order valence-corrected chi connectivity index (χ3v) is 5.36. The molecule has 1 aliphatic carbocycles. The van der Waals surface area contributed by atoms with Crippen molar-refractivity contribution >= 4 is 16.8 Å². The summed E-state index contributed by atoms with van der Waals surface area (Å²) in [5.74, 6) is -0.617. The zero-order valence-electron chi connectivity index (χ0n) is 13.7. The van der Waals surface area contributed by atoms with E-state index in [-0.39, 0.29) is 22.9 Å². The van der Waals surface area contributed by atoms with E-state index < -0.39 is 5.91 Å². The second-order valence-electron chi connectivity index (χ2n) is 6.91. The van der Waals surface area contributed by atoms with Crippen molar-refractivity contribution in [2.45, 2.75) is 57.5 Å². The number of pyridine rings is 1. The highest BCUT2D eigenvalue weighted by Gasteiger charge is 2.27. The lowest BCUT2D eigenvalue weighted by Crippen LogP contribution is -2.38. The van der Waals surface area contributed by atoms with Crippen molar-refractivity contribution in [1.82, 2.24) is 9.88 Å². The Kier molecular flexibility index (Phi) is 3.79. The van der Waals surface area contributed by atoms with Gasteiger partial charge in [0.25, 0.3) is 11.5 Å². The number of carbonyl (C=O) groups is 1. The summed E-state index contributed by atoms with van der Waals surface area (Å²) in [6.45, 7) is 0.568. The number of hydrogen-bond donors (Lipinski definition) is 2. The first kappa shape index (κ1) is 15.2. The number of hydrogen-bond acceptors (Lipinski definition) is 3. The summed E-state index contributed by atoms with van der Waals surface area (Å²) >= 11 is 0. The van der Waals surface area contributed by atoms with Gasteiger partial charge in [0, 0.05) is 18.0 Å². The van der Waals surface area contributed by atoms with Crippen molar-refractivity contribution < 1.29 is 9.90 Å². The van der Waals surface area contributed by atoms with Gasteiger partial charge in [-0.15, -0.1) is 0 Å². The van der Waals surface area contributed by atoms with Crippen LogP contribution in [0.1, 0.15) is 54.4 Å². The molecular formula is C19H22N2O3. The summed E-state index contributed by atoms with van der Waals surface area (Å²) in [4.78, 5) is 25.5. The Morgan fingerprint density at radius 1 is 1.17 bits per heavy atom. The molecule has 0 atom stereocenters. The minimum atomic E-state index is -0.438. The minimum absolute atomic E-state index is 0.0967. The van der Waals surface area contributed by atoms with Crippen LogP contribution in [0.25, 0.3) is 10.9 Å². The van der Waals surface area contributed by atoms with Crippen LogP contribution in [0.5, 0.6) is 5.75 Å². The third kappa shape index (κ3) is 2.39. The number of benzene rings is 1. The van der Waals surface area contributed by atoms with Crippen molar-refractivity contribution in [3.8, 4) is 5.75 Å². The molecule has 126 valence electrons. The number of para-hydroxylation sites is 1. The first-order chi connectivity index (χ1) is 11.7. The van der Waals surface area contributed by atoms with E-state index in [0.29, 0.717) is 11.9 Å². The molecule has 0 radical (unpaired) electrons. The maximum Gasteiger partial charge on any atom is 0.267 e. The van der Waals surface area contributed by atoms with Crippen LogP contribution in [0, 0.1) is 0 Å². The van der Waals surface area contributed by atoms with Crippen LogP contribution in [-0.4, -0.2) is 21.6 Å². The lowest BCUT2D eigenvalue weighted by atomic mass is 10.1. The van der Waals surface area contributed by atoms with Gasteiger partial charge in [-0.1, -0.05) is 37.8 Å². The summed E-state index contributed by atoms with van der Waals surface area (Å²) in [7, 11) is 0. The van der Waals surface area contributed by atoms with Crippen LogP contribution in [-0.2, 0) is 13.0 Å². The molecular weight excluding hydrogens is 304 g/mol. The molecule has 2 heterocycles. The first-order valence-electron chi connectivity index (χ1n) is 8.85. The van der Waals surface area contributed by atoms with Gasteiger partial charge in [-0.05, 0) is 30.9 Å². The second-order valence-corrected chi connectivity index (χ2v) is 6.91. The number of aromatic nitrogens is 1. The highest BCUT2D eigenvalue weighted by Crippen LogP contribution is 2.32. The summed E-state index contributed by atoms with van der Waals surface area (Å²) in [6.07, 6.45) is 7.24. The van der Waals surface area contributed by atoms with E-state index >= 15 is 0 Å². The molecule has 5 nitrogen and oxygen atoms in total. The molecule has 0 spiro atoms. The lowest BCUT2D eigenvalue weighted by Gasteiger charge is -2.17. The van der Waals surface area contributed by atoms with Crippen LogP contribution in [0.3, 0.4) is 0 Å². The quantitative estimate of drug-likeness (QED) is 0.834. The Morgan fingerprint density at radius 2 is 1.92 bits per heavy atom. The van der Waals surface area contributed by atoms with Crippen molar-refractivity contribution in [3.63, 3.8) is 0 Å². The Bertz CT molecular complexity index is 861. The predicted molar refractivity (Wildman–Crippen MR) is 92.5 cm³/mol. The molecule has 0 bridgehead atoms. The summed E-state index contributed by atoms with van der Waals surface area (Å²) in [6, 6.07) is 5.71. The molecule has 2 aliphatic rings. The van der Waals surface area contributed by atoms with Crippen LogP contribution in [0.4, 0.5) is 0 Å². The van der Waals surface area contributed by atoms with E-state index in [0.717, 1.165) is 43.2 Å². The zero-order valence-corrected chi connectivity index (χ0v) is 13.7. The molecule has 2 N–H and O–H groups in total. The van der Waals surface area contributed by atoms with E-state index in [1.54, 1.807) is 10.6 Å². The van der Waals surface area contributed by atoms with Gasteiger partial charge in [-0.3, -0.25) is 9.59 Å². The summed E-state index contributed by atoms with van der Waals surface area (Å²) in [5.41, 5.74) is 1.34. The summed E-state index contributed by atoms with van der Waals surface area (Å²) in [5, 5.41) is 14.2. The van der Waals surface area contributed by atoms with E-state index in [4.69, 9.17) is 0 Å². The molecule has 1 amide bonds. The normalized spacial score (nSPS) is 17.8. The Balaban J connectivity index is 1.75. The highest BCUT2D eigenvalue weighted by atomic mass is 16.3. The molecule has 1 aromatic carbocycles. The van der Waals surface area contributed by atoms with Gasteiger partial charge in [0.2, 0.25) is 0 Å². The molecule has 1 aromatic heterocycles. The topological polar surface area (TPSA) is 71.3 Å². The molecule has 5 heteroatoms. The molecule has 1 fully saturated rings. The fourth-order valence-corrected chi connectivity index (χ4v) is 4.11. The van der Waals surface area contributed by atoms with E-state index in [1.165, 1.54) is 12.8 Å². The smallest absolute Gasteiger partial charge is 0.267 e. The van der Waals surface area contributed by atoms with Gasteiger partial charge in [0.15, 0.2) is 0 Å². The van der Waals surface area contributed by atoms with Crippen molar-refractivity contribution in [2.24, 2.45) is 0 Å². The largest absolute Gasteiger partial charge is 0.506 e. The fourth-order valence-electron chi connectivity index (χ4n) is 4.11. The predicted octanol–water partition coefficient (Wildman–Crippen LogP) is 2.72. The van der Waals surface area contributed by atoms with Crippen LogP contribution >= 0.6 is 0 Å². The Labute approximate surface area is 140 Å². The van der Waals surface area contributed by atoms with E-state index in [9.17, 15) is 14.7 Å². The van der Waals surface area contributed by atoms with Crippen molar-refractivity contribution in [2.75, 3.05) is 0 Å². The first-order valence-corrected chi connectivity index (χ1v) is 8.85. The SMILES string of the molecule is O=C(NC1CCCCCC1)c1c(O)c2cccc3c2n(c1=O)CC3. The standard InChI is InChI=1S/C19H22N2O3/c22-17-14-9-5-6-12-10-11-21(16(12)14)19(24)15(17)18(23)20-13-7-3-1-2-4-8-13/h5-6,9,13,22H,1-4,7-8,10-11H2,(H,20,23). The number of carbonyl (C=O) groups excluding carboxylic acids is 1. The van der Waals surface area contributed by atoms with Gasteiger partial charge in [0.1, 0.15) is 11.3 Å². The molecule has 2 aromatic rings. The van der Waals surface area contributed by atoms with Gasteiger partial charge in [-0.2, -0.15) is 0 Å². The molecule has 24 heavy (non-hydrogen) atoms. The number of nitrogens with zero attached hydrogens (tertiary/aromatic N) is 1. The van der Waals surface area contributed by atoms with Crippen LogP contribution in [0.15, 0.2) is 23.0 Å². The van der Waals surface area contributed by atoms with E-state index in [1.807, 2.05) is 12.1 Å². The van der Waals surface area contributed by atoms with Crippen molar-refractivity contribution in [3.05, 3.63) is 39.7 Å². The Hall–Kier alpha value is -2.30. The van der Waals surface area contributed by atoms with Crippen LogP contribution < -0.4 is 10.9 Å². The van der Waals surface area contributed by atoms with Gasteiger partial charge in [-0.25, -0.2) is 0 Å². The van der Waals surface area contributed by atoms with Gasteiger partial charge >= 0.3 is 0 Å². The fraction of sp³-hybridized carbons (Fsp3) is 0.474. The minimum Gasteiger partial charge on any atom is -0.506 e. The monoisotopic (exact) mass is 326 g/mol. The van der Waals surface area contributed by atoms with Crippen LogP contribution in [0.2, 0.25) is 0 Å². The summed E-state index contributed by atoms with van der Waals surface area (Å²) < 4.78 is 1.63. The average Bonchev–Trinajstić information content (AvgIpc) is 2.85. The molecule has 1 aliphatic heterocycles. The average molecular weight is 326 g/mol. The lowest BCUT2D eigenvalue weighted by molar-refractivity contribution is 0.0929. The third-order valence-electron chi connectivity index (χ3n) is 5.36. The Morgan fingerprint density at radius 3 is 2.67 bits per heavy atom. The zero-order chi connectivity index (χ0) is 16.7. The maximum atomic E-state index is 12.8. The molecule has 4 rings (SSSR count). The van der Waals surface area contributed by atoms with Gasteiger partial charge in [0.05, 0.1) is 5.52 Å². The van der Waals surface area contributed by atoms with Gasteiger partial charge < -0.3 is 15.0 Å². The molecule has 0 unspecified atom stereocenters. The number of aromatic hydroxyl groups is 1. The number of rotatable bonds is 2.